The number of rotatable bonds is 3. The molecule has 0 aliphatic carbocycles. The first-order valence-corrected chi connectivity index (χ1v) is 4.46. The maximum absolute atomic E-state index is 10.8. The Bertz CT molecular complexity index is 338. The molecule has 0 fully saturated rings. The summed E-state index contributed by atoms with van der Waals surface area (Å²) in [5.41, 5.74) is 5.48. The second-order valence-electron chi connectivity index (χ2n) is 3.03. The highest BCUT2D eigenvalue weighted by Gasteiger charge is 2.04. The van der Waals surface area contributed by atoms with Gasteiger partial charge in [-0.1, -0.05) is 19.1 Å². The van der Waals surface area contributed by atoms with E-state index in [-0.39, 0.29) is 11.3 Å². The summed E-state index contributed by atoms with van der Waals surface area (Å²) in [7, 11) is 0. The molecule has 13 heavy (non-hydrogen) atoms. The fourth-order valence-corrected chi connectivity index (χ4v) is 1.05. The molecule has 1 aromatic heterocycles. The highest BCUT2D eigenvalue weighted by atomic mass is 32.1. The van der Waals surface area contributed by atoms with Crippen molar-refractivity contribution in [2.24, 2.45) is 11.7 Å². The first kappa shape index (κ1) is 9.92. The van der Waals surface area contributed by atoms with Crippen LogP contribution in [0.2, 0.25) is 0 Å². The van der Waals surface area contributed by atoms with Crippen LogP contribution in [0.25, 0.3) is 0 Å². The smallest absolute Gasteiger partial charge is 0.181 e. The largest absolute Gasteiger partial charge is 0.393 e. The predicted octanol–water partition coefficient (Wildman–Crippen LogP) is 0.771. The van der Waals surface area contributed by atoms with Crippen molar-refractivity contribution in [3.8, 4) is 0 Å². The molecule has 0 aliphatic heterocycles. The maximum Gasteiger partial charge on any atom is 0.181 e. The summed E-state index contributed by atoms with van der Waals surface area (Å²) < 4.78 is 1.89. The highest BCUT2D eigenvalue weighted by Crippen LogP contribution is 1.99. The molecular weight excluding hydrogens is 184 g/mol. The fourth-order valence-electron chi connectivity index (χ4n) is 0.972. The Kier molecular flexibility index (Phi) is 3.19. The molecule has 1 heterocycles. The summed E-state index contributed by atoms with van der Waals surface area (Å²) >= 11 is 4.85. The molecule has 0 saturated heterocycles. The third-order valence-corrected chi connectivity index (χ3v) is 2.23. The van der Waals surface area contributed by atoms with Gasteiger partial charge < -0.3 is 10.3 Å². The Labute approximate surface area is 82.2 Å². The van der Waals surface area contributed by atoms with Gasteiger partial charge >= 0.3 is 0 Å². The minimum atomic E-state index is 0.0132. The lowest BCUT2D eigenvalue weighted by molar-refractivity contribution is 0.595. The Morgan fingerprint density at radius 1 is 1.62 bits per heavy atom. The fraction of sp³-hybridized carbons (Fsp3) is 0.333. The van der Waals surface area contributed by atoms with Gasteiger partial charge in [-0.2, -0.15) is 0 Å². The van der Waals surface area contributed by atoms with Crippen molar-refractivity contribution in [3.63, 3.8) is 0 Å². The molecule has 2 N–H and O–H groups in total. The standard InChI is InChI=1S/C9H12N2OS/c1-7(9(10)13)6-11-4-2-8(12)3-5-11/h2-5,7H,6H2,1H3,(H2,10,13). The lowest BCUT2D eigenvalue weighted by Crippen LogP contribution is -2.23. The lowest BCUT2D eigenvalue weighted by atomic mass is 10.2. The van der Waals surface area contributed by atoms with Crippen molar-refractivity contribution in [3.05, 3.63) is 34.7 Å². The SMILES string of the molecule is CC(Cn1ccc(=O)cc1)C(N)=S. The number of pyridine rings is 1. The van der Waals surface area contributed by atoms with Crippen LogP contribution in [0.5, 0.6) is 0 Å². The third-order valence-electron chi connectivity index (χ3n) is 1.83. The Hall–Kier alpha value is -1.16. The van der Waals surface area contributed by atoms with Gasteiger partial charge in [-0.05, 0) is 0 Å². The normalized spacial score (nSPS) is 12.4. The molecule has 0 aromatic carbocycles. The molecule has 0 amide bonds. The Balaban J connectivity index is 2.70. The Morgan fingerprint density at radius 2 is 2.15 bits per heavy atom. The van der Waals surface area contributed by atoms with Crippen molar-refractivity contribution < 1.29 is 0 Å². The van der Waals surface area contributed by atoms with E-state index in [2.05, 4.69) is 0 Å². The van der Waals surface area contributed by atoms with Crippen molar-refractivity contribution >= 4 is 17.2 Å². The summed E-state index contributed by atoms with van der Waals surface area (Å²) in [5, 5.41) is 0. The third kappa shape index (κ3) is 2.99. The van der Waals surface area contributed by atoms with Crippen LogP contribution in [0.3, 0.4) is 0 Å². The van der Waals surface area contributed by atoms with Gasteiger partial charge in [-0.15, -0.1) is 0 Å². The van der Waals surface area contributed by atoms with Crippen LogP contribution in [0.4, 0.5) is 0 Å². The minimum Gasteiger partial charge on any atom is -0.393 e. The first-order valence-electron chi connectivity index (χ1n) is 4.05. The number of hydrogen-bond donors (Lipinski definition) is 1. The number of aromatic nitrogens is 1. The molecule has 1 unspecified atom stereocenters. The van der Waals surface area contributed by atoms with Gasteiger partial charge in [0.15, 0.2) is 5.43 Å². The predicted molar refractivity (Wildman–Crippen MR) is 56.7 cm³/mol. The number of nitrogens with zero attached hydrogens (tertiary/aromatic N) is 1. The van der Waals surface area contributed by atoms with E-state index in [1.165, 1.54) is 12.1 Å². The molecule has 0 radical (unpaired) electrons. The molecule has 1 atom stereocenters. The van der Waals surface area contributed by atoms with Crippen LogP contribution < -0.4 is 11.2 Å². The van der Waals surface area contributed by atoms with Crippen molar-refractivity contribution in [1.29, 1.82) is 0 Å². The minimum absolute atomic E-state index is 0.0132. The molecule has 0 aliphatic rings. The molecule has 70 valence electrons. The summed E-state index contributed by atoms with van der Waals surface area (Å²) in [6, 6.07) is 3.04. The first-order chi connectivity index (χ1) is 6.09. The van der Waals surface area contributed by atoms with E-state index < -0.39 is 0 Å². The molecule has 1 rings (SSSR count). The average Bonchev–Trinajstić information content (AvgIpc) is 2.08. The molecule has 0 saturated carbocycles. The van der Waals surface area contributed by atoms with Gasteiger partial charge in [-0.3, -0.25) is 4.79 Å². The lowest BCUT2D eigenvalue weighted by Gasteiger charge is -2.11. The molecule has 3 nitrogen and oxygen atoms in total. The summed E-state index contributed by atoms with van der Waals surface area (Å²) in [6.45, 7) is 2.68. The topological polar surface area (TPSA) is 48.0 Å². The van der Waals surface area contributed by atoms with E-state index in [1.54, 1.807) is 12.4 Å². The van der Waals surface area contributed by atoms with Gasteiger partial charge in [0.05, 0.1) is 4.99 Å². The molecule has 1 aromatic rings. The zero-order valence-electron chi connectivity index (χ0n) is 7.43. The van der Waals surface area contributed by atoms with Crippen LogP contribution in [0, 0.1) is 5.92 Å². The quantitative estimate of drug-likeness (QED) is 0.726. The summed E-state index contributed by atoms with van der Waals surface area (Å²) in [5.74, 6) is 0.150. The molecule has 0 bridgehead atoms. The maximum atomic E-state index is 10.8. The van der Waals surface area contributed by atoms with Crippen molar-refractivity contribution in [1.82, 2.24) is 4.57 Å². The molecular formula is C9H12N2OS. The van der Waals surface area contributed by atoms with E-state index in [4.69, 9.17) is 18.0 Å². The number of thiocarbonyl (C=S) groups is 1. The van der Waals surface area contributed by atoms with E-state index in [0.29, 0.717) is 4.99 Å². The molecule has 0 spiro atoms. The zero-order chi connectivity index (χ0) is 9.84. The number of hydrogen-bond acceptors (Lipinski definition) is 2. The van der Waals surface area contributed by atoms with Crippen LogP contribution in [0.15, 0.2) is 29.3 Å². The summed E-state index contributed by atoms with van der Waals surface area (Å²) in [6.07, 6.45) is 3.47. The summed E-state index contributed by atoms with van der Waals surface area (Å²) in [4.78, 5) is 11.3. The van der Waals surface area contributed by atoms with Crippen LogP contribution >= 0.6 is 12.2 Å². The Morgan fingerprint density at radius 3 is 2.62 bits per heavy atom. The molecule has 4 heteroatoms. The van der Waals surface area contributed by atoms with Gasteiger partial charge in [0, 0.05) is 37.0 Å². The van der Waals surface area contributed by atoms with Gasteiger partial charge in [0.2, 0.25) is 0 Å². The average molecular weight is 196 g/mol. The van der Waals surface area contributed by atoms with Crippen molar-refractivity contribution in [2.45, 2.75) is 13.5 Å². The van der Waals surface area contributed by atoms with Crippen LogP contribution in [0.1, 0.15) is 6.92 Å². The van der Waals surface area contributed by atoms with Crippen LogP contribution in [-0.4, -0.2) is 9.56 Å². The van der Waals surface area contributed by atoms with E-state index in [0.717, 1.165) is 6.54 Å². The van der Waals surface area contributed by atoms with Gasteiger partial charge in [0.25, 0.3) is 0 Å². The van der Waals surface area contributed by atoms with Gasteiger partial charge in [-0.25, -0.2) is 0 Å². The monoisotopic (exact) mass is 196 g/mol. The van der Waals surface area contributed by atoms with Crippen LogP contribution in [-0.2, 0) is 6.54 Å². The number of nitrogens with two attached hydrogens (primary N) is 1. The van der Waals surface area contributed by atoms with E-state index >= 15 is 0 Å². The second-order valence-corrected chi connectivity index (χ2v) is 3.51. The second kappa shape index (κ2) is 4.18. The van der Waals surface area contributed by atoms with E-state index in [9.17, 15) is 4.79 Å². The highest BCUT2D eigenvalue weighted by molar-refractivity contribution is 7.80. The van der Waals surface area contributed by atoms with E-state index in [1.807, 2.05) is 11.5 Å². The zero-order valence-corrected chi connectivity index (χ0v) is 8.25. The van der Waals surface area contributed by atoms with Gasteiger partial charge in [0.1, 0.15) is 0 Å². The van der Waals surface area contributed by atoms with Crippen molar-refractivity contribution in [2.75, 3.05) is 0 Å².